The molecule has 5 rings (SSSR count). The van der Waals surface area contributed by atoms with Crippen molar-refractivity contribution in [3.63, 3.8) is 0 Å². The van der Waals surface area contributed by atoms with Crippen LogP contribution in [-0.4, -0.2) is 48.9 Å². The average Bonchev–Trinajstić information content (AvgIpc) is 2.84. The van der Waals surface area contributed by atoms with Crippen LogP contribution in [0.3, 0.4) is 0 Å². The van der Waals surface area contributed by atoms with E-state index >= 15 is 0 Å². The van der Waals surface area contributed by atoms with Crippen molar-refractivity contribution in [1.82, 2.24) is 14.3 Å². The molecule has 0 aliphatic carbocycles. The molecule has 3 aromatic carbocycles. The summed E-state index contributed by atoms with van der Waals surface area (Å²) in [5.41, 5.74) is 1.84. The average molecular weight is 431 g/mol. The highest BCUT2D eigenvalue weighted by molar-refractivity contribution is 7.89. The molecule has 156 valence electrons. The summed E-state index contributed by atoms with van der Waals surface area (Å²) < 4.78 is 27.5. The smallest absolute Gasteiger partial charge is 0.243 e. The second-order valence-electron chi connectivity index (χ2n) is 7.46. The molecule has 1 fully saturated rings. The SMILES string of the molecule is O=S(=O)(c1ccccc1)N1CCN(c2nc(-c3ccccc3)nc3ccccc23)CC1. The highest BCUT2D eigenvalue weighted by atomic mass is 32.2. The van der Waals surface area contributed by atoms with E-state index in [1.54, 1.807) is 28.6 Å². The molecule has 2 heterocycles. The quantitative estimate of drug-likeness (QED) is 0.493. The van der Waals surface area contributed by atoms with Gasteiger partial charge in [0.15, 0.2) is 5.82 Å². The third kappa shape index (κ3) is 3.78. The third-order valence-corrected chi connectivity index (χ3v) is 7.45. The number of anilines is 1. The van der Waals surface area contributed by atoms with Crippen molar-refractivity contribution < 1.29 is 8.42 Å². The molecule has 0 radical (unpaired) electrons. The monoisotopic (exact) mass is 430 g/mol. The van der Waals surface area contributed by atoms with Crippen LogP contribution in [-0.2, 0) is 10.0 Å². The molecule has 31 heavy (non-hydrogen) atoms. The predicted octanol–water partition coefficient (Wildman–Crippen LogP) is 3.81. The van der Waals surface area contributed by atoms with Gasteiger partial charge in [0.1, 0.15) is 5.82 Å². The van der Waals surface area contributed by atoms with Gasteiger partial charge >= 0.3 is 0 Å². The lowest BCUT2D eigenvalue weighted by atomic mass is 10.1. The van der Waals surface area contributed by atoms with Crippen LogP contribution in [0.2, 0.25) is 0 Å². The molecule has 0 spiro atoms. The van der Waals surface area contributed by atoms with Crippen molar-refractivity contribution in [3.05, 3.63) is 84.9 Å². The number of nitrogens with zero attached hydrogens (tertiary/aromatic N) is 4. The van der Waals surface area contributed by atoms with Crippen LogP contribution in [0.5, 0.6) is 0 Å². The summed E-state index contributed by atoms with van der Waals surface area (Å²) in [6.45, 7) is 1.97. The zero-order chi connectivity index (χ0) is 21.3. The lowest BCUT2D eigenvalue weighted by Crippen LogP contribution is -2.49. The molecule has 0 saturated carbocycles. The first-order valence-electron chi connectivity index (χ1n) is 10.3. The van der Waals surface area contributed by atoms with Crippen LogP contribution in [0.15, 0.2) is 89.8 Å². The van der Waals surface area contributed by atoms with E-state index in [0.717, 1.165) is 22.3 Å². The summed E-state index contributed by atoms with van der Waals surface area (Å²) >= 11 is 0. The molecule has 0 amide bonds. The van der Waals surface area contributed by atoms with Crippen molar-refractivity contribution in [3.8, 4) is 11.4 Å². The van der Waals surface area contributed by atoms with Gasteiger partial charge in [0.25, 0.3) is 0 Å². The lowest BCUT2D eigenvalue weighted by molar-refractivity contribution is 0.384. The molecular weight excluding hydrogens is 408 g/mol. The topological polar surface area (TPSA) is 66.4 Å². The maximum atomic E-state index is 13.0. The second kappa shape index (κ2) is 8.09. The van der Waals surface area contributed by atoms with Gasteiger partial charge in [-0.3, -0.25) is 0 Å². The number of rotatable bonds is 4. The largest absolute Gasteiger partial charge is 0.353 e. The highest BCUT2D eigenvalue weighted by Crippen LogP contribution is 2.29. The number of piperazine rings is 1. The van der Waals surface area contributed by atoms with Crippen molar-refractivity contribution in [2.45, 2.75) is 4.90 Å². The van der Waals surface area contributed by atoms with Gasteiger partial charge in [-0.15, -0.1) is 0 Å². The zero-order valence-electron chi connectivity index (χ0n) is 16.9. The first kappa shape index (κ1) is 19.7. The number of benzene rings is 3. The molecule has 0 atom stereocenters. The fourth-order valence-electron chi connectivity index (χ4n) is 3.90. The standard InChI is InChI=1S/C24H22N4O2S/c29-31(30,20-11-5-2-6-12-20)28-17-15-27(16-18-28)24-21-13-7-8-14-22(21)25-23(26-24)19-9-3-1-4-10-19/h1-14H,15-18H2. The van der Waals surface area contributed by atoms with E-state index in [1.165, 1.54) is 0 Å². The Kier molecular flexibility index (Phi) is 5.13. The Labute approximate surface area is 181 Å². The van der Waals surface area contributed by atoms with Gasteiger partial charge in [-0.25, -0.2) is 18.4 Å². The molecule has 7 heteroatoms. The van der Waals surface area contributed by atoms with Gasteiger partial charge in [-0.1, -0.05) is 60.7 Å². The number of hydrogen-bond donors (Lipinski definition) is 0. The minimum atomic E-state index is -3.49. The number of aromatic nitrogens is 2. The highest BCUT2D eigenvalue weighted by Gasteiger charge is 2.29. The van der Waals surface area contributed by atoms with Crippen LogP contribution in [0.1, 0.15) is 0 Å². The fraction of sp³-hybridized carbons (Fsp3) is 0.167. The van der Waals surface area contributed by atoms with E-state index in [1.807, 2.05) is 60.7 Å². The first-order valence-corrected chi connectivity index (χ1v) is 11.7. The van der Waals surface area contributed by atoms with E-state index in [9.17, 15) is 8.42 Å². The Morgan fingerprint density at radius 2 is 1.29 bits per heavy atom. The Morgan fingerprint density at radius 1 is 0.677 bits per heavy atom. The Balaban J connectivity index is 1.46. The van der Waals surface area contributed by atoms with Crippen molar-refractivity contribution in [2.24, 2.45) is 0 Å². The minimum absolute atomic E-state index is 0.335. The van der Waals surface area contributed by atoms with Gasteiger partial charge in [-0.2, -0.15) is 4.31 Å². The third-order valence-electron chi connectivity index (χ3n) is 5.53. The molecule has 1 aliphatic rings. The zero-order valence-corrected chi connectivity index (χ0v) is 17.7. The van der Waals surface area contributed by atoms with Gasteiger partial charge in [0.05, 0.1) is 10.4 Å². The molecule has 4 aromatic rings. The Morgan fingerprint density at radius 3 is 2.00 bits per heavy atom. The van der Waals surface area contributed by atoms with Gasteiger partial charge in [0, 0.05) is 37.1 Å². The van der Waals surface area contributed by atoms with Gasteiger partial charge in [0.2, 0.25) is 10.0 Å². The number of sulfonamides is 1. The van der Waals surface area contributed by atoms with Crippen molar-refractivity contribution in [1.29, 1.82) is 0 Å². The van der Waals surface area contributed by atoms with Crippen LogP contribution in [0.4, 0.5) is 5.82 Å². The van der Waals surface area contributed by atoms with Crippen LogP contribution in [0.25, 0.3) is 22.3 Å². The summed E-state index contributed by atoms with van der Waals surface area (Å²) in [6, 6.07) is 26.5. The lowest BCUT2D eigenvalue weighted by Gasteiger charge is -2.35. The first-order chi connectivity index (χ1) is 15.1. The van der Waals surface area contributed by atoms with Crippen LogP contribution < -0.4 is 4.90 Å². The summed E-state index contributed by atoms with van der Waals surface area (Å²) in [5, 5.41) is 0.974. The Hall–Kier alpha value is -3.29. The second-order valence-corrected chi connectivity index (χ2v) is 9.40. The van der Waals surface area contributed by atoms with E-state index < -0.39 is 10.0 Å². The molecule has 1 aromatic heterocycles. The van der Waals surface area contributed by atoms with Crippen LogP contribution >= 0.6 is 0 Å². The summed E-state index contributed by atoms with van der Waals surface area (Å²) in [7, 11) is -3.49. The molecule has 1 saturated heterocycles. The molecule has 6 nitrogen and oxygen atoms in total. The van der Waals surface area contributed by atoms with Crippen molar-refractivity contribution >= 4 is 26.7 Å². The minimum Gasteiger partial charge on any atom is -0.353 e. The number of fused-ring (bicyclic) bond motifs is 1. The fourth-order valence-corrected chi connectivity index (χ4v) is 5.34. The summed E-state index contributed by atoms with van der Waals surface area (Å²) in [5.74, 6) is 1.52. The molecule has 1 aliphatic heterocycles. The van der Waals surface area contributed by atoms with E-state index in [2.05, 4.69) is 4.90 Å². The maximum Gasteiger partial charge on any atom is 0.243 e. The van der Waals surface area contributed by atoms with Gasteiger partial charge < -0.3 is 4.90 Å². The summed E-state index contributed by atoms with van der Waals surface area (Å²) in [6.07, 6.45) is 0. The maximum absolute atomic E-state index is 13.0. The summed E-state index contributed by atoms with van der Waals surface area (Å²) in [4.78, 5) is 12.1. The van der Waals surface area contributed by atoms with E-state index in [0.29, 0.717) is 36.9 Å². The predicted molar refractivity (Wildman–Crippen MR) is 122 cm³/mol. The molecular formula is C24H22N4O2S. The molecule has 0 bridgehead atoms. The Bertz CT molecular complexity index is 1300. The van der Waals surface area contributed by atoms with Crippen LogP contribution in [0, 0.1) is 0 Å². The van der Waals surface area contributed by atoms with Crippen molar-refractivity contribution in [2.75, 3.05) is 31.1 Å². The van der Waals surface area contributed by atoms with E-state index in [-0.39, 0.29) is 0 Å². The normalized spacial score (nSPS) is 15.3. The molecule has 0 unspecified atom stereocenters. The number of hydrogen-bond acceptors (Lipinski definition) is 5. The van der Waals surface area contributed by atoms with E-state index in [4.69, 9.17) is 9.97 Å². The number of para-hydroxylation sites is 1. The molecule has 0 N–H and O–H groups in total. The van der Waals surface area contributed by atoms with Gasteiger partial charge in [-0.05, 0) is 24.3 Å².